The van der Waals surface area contributed by atoms with Gasteiger partial charge in [-0.1, -0.05) is 0 Å². The number of fused-ring (bicyclic) bond motifs is 1. The summed E-state index contributed by atoms with van der Waals surface area (Å²) in [6.07, 6.45) is 4.81. The van der Waals surface area contributed by atoms with Gasteiger partial charge in [0.05, 0.1) is 23.6 Å². The van der Waals surface area contributed by atoms with Gasteiger partial charge in [0.2, 0.25) is 0 Å². The van der Waals surface area contributed by atoms with E-state index in [4.69, 9.17) is 4.74 Å². The standard InChI is InChI=1S/C19H23N3O2S/c1-14-5-11-25-18(14)19(23)22-8-4-17-16(13-22)21(9-10-24-17)12-15-2-6-20-7-3-15/h2-3,5-7,11,16-17H,4,8-10,12-13H2,1H3/t16-,17-/m1/s1. The van der Waals surface area contributed by atoms with Crippen molar-refractivity contribution in [3.05, 3.63) is 52.0 Å². The summed E-state index contributed by atoms with van der Waals surface area (Å²) in [6, 6.07) is 6.40. The molecule has 0 saturated carbocycles. The zero-order valence-corrected chi connectivity index (χ0v) is 15.2. The molecule has 0 N–H and O–H groups in total. The summed E-state index contributed by atoms with van der Waals surface area (Å²) in [5.41, 5.74) is 2.33. The van der Waals surface area contributed by atoms with Gasteiger partial charge in [-0.05, 0) is 48.1 Å². The summed E-state index contributed by atoms with van der Waals surface area (Å²) in [5.74, 6) is 0.167. The third kappa shape index (κ3) is 3.47. The van der Waals surface area contributed by atoms with Crippen LogP contribution >= 0.6 is 11.3 Å². The molecule has 132 valence electrons. The number of aryl methyl sites for hydroxylation is 1. The van der Waals surface area contributed by atoms with E-state index in [1.54, 1.807) is 11.3 Å². The molecule has 0 spiro atoms. The molecule has 4 heterocycles. The van der Waals surface area contributed by atoms with E-state index in [1.807, 2.05) is 35.7 Å². The lowest BCUT2D eigenvalue weighted by Gasteiger charge is -2.47. The molecule has 2 aromatic rings. The summed E-state index contributed by atoms with van der Waals surface area (Å²) in [5, 5.41) is 1.99. The molecule has 25 heavy (non-hydrogen) atoms. The molecule has 0 aliphatic carbocycles. The smallest absolute Gasteiger partial charge is 0.264 e. The molecule has 2 atom stereocenters. The molecular weight excluding hydrogens is 334 g/mol. The number of hydrogen-bond acceptors (Lipinski definition) is 5. The first kappa shape index (κ1) is 16.7. The molecular formula is C19H23N3O2S. The predicted molar refractivity (Wildman–Crippen MR) is 97.8 cm³/mol. The van der Waals surface area contributed by atoms with Crippen LogP contribution < -0.4 is 0 Å². The van der Waals surface area contributed by atoms with Crippen LogP contribution in [0, 0.1) is 6.92 Å². The van der Waals surface area contributed by atoms with Crippen LogP contribution in [-0.2, 0) is 11.3 Å². The number of carbonyl (C=O) groups is 1. The molecule has 2 aromatic heterocycles. The summed E-state index contributed by atoms with van der Waals surface area (Å²) >= 11 is 1.54. The van der Waals surface area contributed by atoms with Gasteiger partial charge in [0.25, 0.3) is 5.91 Å². The highest BCUT2D eigenvalue weighted by molar-refractivity contribution is 7.12. The van der Waals surface area contributed by atoms with Crippen molar-refractivity contribution in [2.24, 2.45) is 0 Å². The van der Waals surface area contributed by atoms with Crippen LogP contribution in [0.25, 0.3) is 0 Å². The number of morpholine rings is 1. The lowest BCUT2D eigenvalue weighted by molar-refractivity contribution is -0.101. The number of nitrogens with zero attached hydrogens (tertiary/aromatic N) is 3. The van der Waals surface area contributed by atoms with Crippen molar-refractivity contribution in [1.29, 1.82) is 0 Å². The van der Waals surface area contributed by atoms with Crippen LogP contribution in [0.4, 0.5) is 0 Å². The lowest BCUT2D eigenvalue weighted by atomic mass is 9.97. The van der Waals surface area contributed by atoms with E-state index in [9.17, 15) is 4.79 Å². The van der Waals surface area contributed by atoms with E-state index in [1.165, 1.54) is 5.56 Å². The van der Waals surface area contributed by atoms with Crippen LogP contribution in [0.3, 0.4) is 0 Å². The quantitative estimate of drug-likeness (QED) is 0.847. The normalized spacial score (nSPS) is 24.1. The first-order chi connectivity index (χ1) is 12.2. The summed E-state index contributed by atoms with van der Waals surface area (Å²) < 4.78 is 6.00. The monoisotopic (exact) mass is 357 g/mol. The van der Waals surface area contributed by atoms with Crippen molar-refractivity contribution in [3.63, 3.8) is 0 Å². The van der Waals surface area contributed by atoms with Crippen molar-refractivity contribution >= 4 is 17.2 Å². The molecule has 2 aliphatic heterocycles. The highest BCUT2D eigenvalue weighted by Crippen LogP contribution is 2.27. The Balaban J connectivity index is 1.49. The van der Waals surface area contributed by atoms with Crippen LogP contribution in [0.5, 0.6) is 0 Å². The van der Waals surface area contributed by atoms with E-state index in [0.29, 0.717) is 0 Å². The molecule has 2 saturated heterocycles. The fourth-order valence-corrected chi connectivity index (χ4v) is 4.67. The van der Waals surface area contributed by atoms with Crippen molar-refractivity contribution in [1.82, 2.24) is 14.8 Å². The largest absolute Gasteiger partial charge is 0.375 e. The van der Waals surface area contributed by atoms with Crippen molar-refractivity contribution in [2.45, 2.75) is 32.0 Å². The Morgan fingerprint density at radius 1 is 1.32 bits per heavy atom. The van der Waals surface area contributed by atoms with E-state index in [2.05, 4.69) is 22.0 Å². The fourth-order valence-electron chi connectivity index (χ4n) is 3.78. The number of amides is 1. The molecule has 4 rings (SSSR count). The first-order valence-electron chi connectivity index (χ1n) is 8.80. The van der Waals surface area contributed by atoms with Crippen molar-refractivity contribution < 1.29 is 9.53 Å². The Bertz CT molecular complexity index is 733. The molecule has 0 bridgehead atoms. The Kier molecular flexibility index (Phi) is 4.83. The molecule has 0 aromatic carbocycles. The summed E-state index contributed by atoms with van der Waals surface area (Å²) in [4.78, 5) is 22.3. The summed E-state index contributed by atoms with van der Waals surface area (Å²) in [7, 11) is 0. The van der Waals surface area contributed by atoms with E-state index in [-0.39, 0.29) is 18.1 Å². The van der Waals surface area contributed by atoms with Crippen molar-refractivity contribution in [2.75, 3.05) is 26.2 Å². The molecule has 1 amide bonds. The molecule has 0 unspecified atom stereocenters. The van der Waals surface area contributed by atoms with Gasteiger partial charge in [-0.2, -0.15) is 0 Å². The van der Waals surface area contributed by atoms with E-state index < -0.39 is 0 Å². The lowest BCUT2D eigenvalue weighted by Crippen LogP contribution is -2.60. The Morgan fingerprint density at radius 2 is 2.16 bits per heavy atom. The van der Waals surface area contributed by atoms with Crippen LogP contribution in [0.15, 0.2) is 36.0 Å². The number of rotatable bonds is 3. The maximum Gasteiger partial charge on any atom is 0.264 e. The zero-order chi connectivity index (χ0) is 17.2. The van der Waals surface area contributed by atoms with E-state index in [0.717, 1.165) is 49.6 Å². The second-order valence-electron chi connectivity index (χ2n) is 6.78. The second kappa shape index (κ2) is 7.23. The minimum Gasteiger partial charge on any atom is -0.375 e. The van der Waals surface area contributed by atoms with Gasteiger partial charge in [0.1, 0.15) is 0 Å². The Hall–Kier alpha value is -1.76. The first-order valence-corrected chi connectivity index (χ1v) is 9.68. The van der Waals surface area contributed by atoms with Gasteiger partial charge in [-0.3, -0.25) is 14.7 Å². The van der Waals surface area contributed by atoms with Crippen LogP contribution in [0.2, 0.25) is 0 Å². The van der Waals surface area contributed by atoms with Gasteiger partial charge in [0, 0.05) is 38.6 Å². The predicted octanol–water partition coefficient (Wildman–Crippen LogP) is 2.57. The number of piperidine rings is 1. The highest BCUT2D eigenvalue weighted by atomic mass is 32.1. The summed E-state index contributed by atoms with van der Waals surface area (Å²) in [6.45, 7) is 6.09. The van der Waals surface area contributed by atoms with Gasteiger partial charge in [-0.25, -0.2) is 0 Å². The minimum atomic E-state index is 0.167. The van der Waals surface area contributed by atoms with Crippen LogP contribution in [-0.4, -0.2) is 59.1 Å². The third-order valence-electron chi connectivity index (χ3n) is 5.18. The number of ether oxygens (including phenoxy) is 1. The van der Waals surface area contributed by atoms with Gasteiger partial charge < -0.3 is 9.64 Å². The molecule has 5 nitrogen and oxygen atoms in total. The Labute approximate surface area is 152 Å². The number of carbonyl (C=O) groups excluding carboxylic acids is 1. The average Bonchev–Trinajstić information content (AvgIpc) is 3.08. The van der Waals surface area contributed by atoms with Gasteiger partial charge in [0.15, 0.2) is 0 Å². The average molecular weight is 357 g/mol. The van der Waals surface area contributed by atoms with Gasteiger partial charge in [-0.15, -0.1) is 11.3 Å². The number of likely N-dealkylation sites (tertiary alicyclic amines) is 1. The third-order valence-corrected chi connectivity index (χ3v) is 6.18. The topological polar surface area (TPSA) is 45.7 Å². The maximum absolute atomic E-state index is 12.9. The molecule has 2 aliphatic rings. The fraction of sp³-hybridized carbons (Fsp3) is 0.474. The SMILES string of the molecule is Cc1ccsc1C(=O)N1CC[C@H]2OCCN(Cc3ccncc3)[C@@H]2C1. The highest BCUT2D eigenvalue weighted by Gasteiger charge is 2.38. The number of aromatic nitrogens is 1. The van der Waals surface area contributed by atoms with Crippen molar-refractivity contribution in [3.8, 4) is 0 Å². The zero-order valence-electron chi connectivity index (χ0n) is 14.4. The minimum absolute atomic E-state index is 0.167. The maximum atomic E-state index is 12.9. The molecule has 2 fully saturated rings. The Morgan fingerprint density at radius 3 is 2.92 bits per heavy atom. The number of pyridine rings is 1. The second-order valence-corrected chi connectivity index (χ2v) is 7.69. The molecule has 6 heteroatoms. The number of thiophene rings is 1. The molecule has 0 radical (unpaired) electrons. The van der Waals surface area contributed by atoms with E-state index >= 15 is 0 Å². The number of hydrogen-bond donors (Lipinski definition) is 0. The van der Waals surface area contributed by atoms with Crippen LogP contribution in [0.1, 0.15) is 27.2 Å². The van der Waals surface area contributed by atoms with Gasteiger partial charge >= 0.3 is 0 Å².